The number of rotatable bonds is 1. The number of anilines is 1. The number of hydrogen-bond donors (Lipinski definition) is 1. The fourth-order valence-corrected chi connectivity index (χ4v) is 3.29. The van der Waals surface area contributed by atoms with Gasteiger partial charge in [0.05, 0.1) is 36.1 Å². The maximum atomic E-state index is 12.4. The Morgan fingerprint density at radius 3 is 2.70 bits per heavy atom. The third-order valence-electron chi connectivity index (χ3n) is 4.78. The minimum Gasteiger partial charge on any atom is -0.465 e. The van der Waals surface area contributed by atoms with Crippen LogP contribution in [0.5, 0.6) is 0 Å². The number of amides is 2. The molecule has 1 saturated carbocycles. The van der Waals surface area contributed by atoms with Crippen molar-refractivity contribution in [3.8, 4) is 0 Å². The van der Waals surface area contributed by atoms with Gasteiger partial charge in [-0.2, -0.15) is 5.10 Å². The first-order valence-corrected chi connectivity index (χ1v) is 6.95. The van der Waals surface area contributed by atoms with Gasteiger partial charge in [-0.3, -0.25) is 9.48 Å². The van der Waals surface area contributed by atoms with Crippen LogP contribution in [0.25, 0.3) is 0 Å². The molecule has 1 aromatic heterocycles. The number of carboxylic acid groups (broad SMARTS) is 1. The second-order valence-electron chi connectivity index (χ2n) is 5.89. The zero-order valence-electron chi connectivity index (χ0n) is 11.1. The molecule has 7 nitrogen and oxygen atoms in total. The normalized spacial score (nSPS) is 23.3. The Morgan fingerprint density at radius 1 is 1.25 bits per heavy atom. The van der Waals surface area contributed by atoms with Gasteiger partial charge in [0, 0.05) is 13.1 Å². The molecule has 3 heterocycles. The zero-order valence-corrected chi connectivity index (χ0v) is 11.1. The van der Waals surface area contributed by atoms with Crippen LogP contribution in [0, 0.1) is 5.41 Å². The topological polar surface area (TPSA) is 78.7 Å². The number of carbonyl (C=O) groups excluding carboxylic acids is 1. The van der Waals surface area contributed by atoms with Crippen LogP contribution in [-0.4, -0.2) is 44.9 Å². The van der Waals surface area contributed by atoms with Crippen molar-refractivity contribution in [3.05, 3.63) is 11.9 Å². The lowest BCUT2D eigenvalue weighted by molar-refractivity contribution is -0.121. The fraction of sp³-hybridized carbons (Fsp3) is 0.615. The first kappa shape index (κ1) is 11.7. The molecule has 3 aliphatic rings. The highest BCUT2D eigenvalue weighted by molar-refractivity contribution is 6.02. The maximum Gasteiger partial charge on any atom is 0.407 e. The number of fused-ring (bicyclic) bond motifs is 1. The van der Waals surface area contributed by atoms with Gasteiger partial charge in [-0.25, -0.2) is 4.79 Å². The minimum atomic E-state index is -0.921. The summed E-state index contributed by atoms with van der Waals surface area (Å²) in [7, 11) is 0. The molecule has 20 heavy (non-hydrogen) atoms. The fourth-order valence-electron chi connectivity index (χ4n) is 3.29. The highest BCUT2D eigenvalue weighted by Gasteiger charge is 2.56. The van der Waals surface area contributed by atoms with Gasteiger partial charge in [0.2, 0.25) is 5.91 Å². The van der Waals surface area contributed by atoms with Gasteiger partial charge < -0.3 is 14.9 Å². The maximum absolute atomic E-state index is 12.4. The molecule has 1 aromatic rings. The van der Waals surface area contributed by atoms with Crippen molar-refractivity contribution in [2.75, 3.05) is 18.0 Å². The third kappa shape index (κ3) is 1.49. The lowest BCUT2D eigenvalue weighted by atomic mass is 10.1. The molecule has 1 N–H and O–H groups in total. The Hall–Kier alpha value is -2.05. The van der Waals surface area contributed by atoms with Crippen LogP contribution in [0.2, 0.25) is 0 Å². The monoisotopic (exact) mass is 276 g/mol. The molecule has 4 rings (SSSR count). The quantitative estimate of drug-likeness (QED) is 0.826. The van der Waals surface area contributed by atoms with Crippen molar-refractivity contribution in [3.63, 3.8) is 0 Å². The summed E-state index contributed by atoms with van der Waals surface area (Å²) in [5.74, 6) is 0.195. The lowest BCUT2D eigenvalue weighted by Crippen LogP contribution is -2.38. The van der Waals surface area contributed by atoms with Gasteiger partial charge in [-0.15, -0.1) is 0 Å². The molecule has 2 fully saturated rings. The SMILES string of the molecule is O=C(O)N1CCn2ncc(N3CCC4(CC4)C3=O)c2C1. The Balaban J connectivity index is 1.66. The van der Waals surface area contributed by atoms with E-state index in [2.05, 4.69) is 5.10 Å². The number of nitrogens with zero attached hydrogens (tertiary/aromatic N) is 4. The van der Waals surface area contributed by atoms with E-state index in [0.29, 0.717) is 19.6 Å². The smallest absolute Gasteiger partial charge is 0.407 e. The molecular formula is C13H16N4O3. The number of aromatic nitrogens is 2. The second kappa shape index (κ2) is 3.74. The molecule has 1 saturated heterocycles. The van der Waals surface area contributed by atoms with Gasteiger partial charge >= 0.3 is 6.09 Å². The zero-order chi connectivity index (χ0) is 13.9. The molecule has 0 aromatic carbocycles. The molecular weight excluding hydrogens is 260 g/mol. The summed E-state index contributed by atoms with van der Waals surface area (Å²) in [5.41, 5.74) is 1.53. The van der Waals surface area contributed by atoms with Crippen molar-refractivity contribution in [2.45, 2.75) is 32.4 Å². The van der Waals surface area contributed by atoms with E-state index in [0.717, 1.165) is 37.2 Å². The Bertz CT molecular complexity index is 605. The highest BCUT2D eigenvalue weighted by Crippen LogP contribution is 2.54. The van der Waals surface area contributed by atoms with Gasteiger partial charge in [0.1, 0.15) is 0 Å². The summed E-state index contributed by atoms with van der Waals surface area (Å²) in [4.78, 5) is 26.7. The molecule has 0 atom stereocenters. The van der Waals surface area contributed by atoms with E-state index in [1.165, 1.54) is 4.90 Å². The van der Waals surface area contributed by atoms with Crippen molar-refractivity contribution >= 4 is 17.7 Å². The molecule has 1 spiro atoms. The number of carbonyl (C=O) groups is 2. The van der Waals surface area contributed by atoms with Crippen LogP contribution >= 0.6 is 0 Å². The molecule has 0 bridgehead atoms. The Labute approximate surface area is 115 Å². The van der Waals surface area contributed by atoms with Crippen molar-refractivity contribution in [2.24, 2.45) is 5.41 Å². The van der Waals surface area contributed by atoms with Crippen LogP contribution in [0.1, 0.15) is 25.0 Å². The molecule has 0 radical (unpaired) electrons. The van der Waals surface area contributed by atoms with Gasteiger partial charge in [-0.05, 0) is 19.3 Å². The van der Waals surface area contributed by atoms with Crippen molar-refractivity contribution in [1.29, 1.82) is 0 Å². The van der Waals surface area contributed by atoms with Crippen LogP contribution in [-0.2, 0) is 17.9 Å². The molecule has 106 valence electrons. The van der Waals surface area contributed by atoms with Gasteiger partial charge in [-0.1, -0.05) is 0 Å². The van der Waals surface area contributed by atoms with E-state index in [1.807, 2.05) is 4.68 Å². The van der Waals surface area contributed by atoms with Crippen LogP contribution in [0.15, 0.2) is 6.20 Å². The van der Waals surface area contributed by atoms with Crippen LogP contribution < -0.4 is 4.90 Å². The predicted octanol–water partition coefficient (Wildman–Crippen LogP) is 0.894. The van der Waals surface area contributed by atoms with E-state index in [-0.39, 0.29) is 11.3 Å². The average molecular weight is 276 g/mol. The summed E-state index contributed by atoms with van der Waals surface area (Å²) in [6.07, 6.45) is 3.69. The van der Waals surface area contributed by atoms with E-state index in [1.54, 1.807) is 11.1 Å². The molecule has 2 aliphatic heterocycles. The van der Waals surface area contributed by atoms with Gasteiger partial charge in [0.15, 0.2) is 0 Å². The second-order valence-corrected chi connectivity index (χ2v) is 5.89. The summed E-state index contributed by atoms with van der Waals surface area (Å²) >= 11 is 0. The summed E-state index contributed by atoms with van der Waals surface area (Å²) in [6.45, 7) is 2.03. The molecule has 1 aliphatic carbocycles. The van der Waals surface area contributed by atoms with Crippen molar-refractivity contribution < 1.29 is 14.7 Å². The predicted molar refractivity (Wildman–Crippen MR) is 69.3 cm³/mol. The third-order valence-corrected chi connectivity index (χ3v) is 4.78. The Kier molecular flexibility index (Phi) is 2.20. The van der Waals surface area contributed by atoms with E-state index in [9.17, 15) is 9.59 Å². The molecule has 7 heteroatoms. The average Bonchev–Trinajstić information content (AvgIpc) is 3.01. The summed E-state index contributed by atoms with van der Waals surface area (Å²) in [5, 5.41) is 13.4. The van der Waals surface area contributed by atoms with Crippen molar-refractivity contribution in [1.82, 2.24) is 14.7 Å². The first-order valence-electron chi connectivity index (χ1n) is 6.95. The summed E-state index contributed by atoms with van der Waals surface area (Å²) in [6, 6.07) is 0. The number of hydrogen-bond acceptors (Lipinski definition) is 3. The van der Waals surface area contributed by atoms with Crippen LogP contribution in [0.4, 0.5) is 10.5 Å². The largest absolute Gasteiger partial charge is 0.465 e. The molecule has 0 unspecified atom stereocenters. The van der Waals surface area contributed by atoms with E-state index < -0.39 is 6.09 Å². The highest BCUT2D eigenvalue weighted by atomic mass is 16.4. The standard InChI is InChI=1S/C13H16N4O3/c18-11-13(1-2-13)3-4-16(11)9-7-14-17-6-5-15(12(19)20)8-10(9)17/h7H,1-6,8H2,(H,19,20). The van der Waals surface area contributed by atoms with Crippen LogP contribution in [0.3, 0.4) is 0 Å². The van der Waals surface area contributed by atoms with E-state index >= 15 is 0 Å². The Morgan fingerprint density at radius 2 is 2.05 bits per heavy atom. The summed E-state index contributed by atoms with van der Waals surface area (Å²) < 4.78 is 1.82. The van der Waals surface area contributed by atoms with Gasteiger partial charge in [0.25, 0.3) is 0 Å². The lowest BCUT2D eigenvalue weighted by Gasteiger charge is -2.27. The van der Waals surface area contributed by atoms with E-state index in [4.69, 9.17) is 5.11 Å². The minimum absolute atomic E-state index is 0.101. The molecule has 2 amide bonds. The first-order chi connectivity index (χ1) is 9.61.